The minimum atomic E-state index is -0.495. The van der Waals surface area contributed by atoms with Crippen LogP contribution in [0.5, 0.6) is 0 Å². The lowest BCUT2D eigenvalue weighted by molar-refractivity contribution is 0.704. The molecule has 28 heavy (non-hydrogen) atoms. The number of thiophene rings is 1. The molecule has 0 saturated heterocycles. The number of hydrogen-bond acceptors (Lipinski definition) is 5. The maximum Gasteiger partial charge on any atom is 0.107 e. The molecule has 0 aliphatic carbocycles. The zero-order chi connectivity index (χ0) is 19.7. The second-order valence-electron chi connectivity index (χ2n) is 6.64. The standard InChI is InChI=1S/C22H17N5S/c1-14-17(11-23)21(18(12-24)15(2)25-14)19-13-27(16-7-4-3-5-8-16)26-22(19)20-9-6-10-28-20/h3-10,13,17,21H,1-2H3/t17?,21-/m0/s1. The molecule has 2 atom stereocenters. The molecule has 0 saturated carbocycles. The van der Waals surface area contributed by atoms with Crippen molar-refractivity contribution in [2.75, 3.05) is 0 Å². The first-order valence-corrected chi connectivity index (χ1v) is 9.76. The highest BCUT2D eigenvalue weighted by atomic mass is 32.1. The van der Waals surface area contributed by atoms with Crippen LogP contribution >= 0.6 is 11.3 Å². The molecule has 6 heteroatoms. The van der Waals surface area contributed by atoms with Crippen molar-refractivity contribution in [1.82, 2.24) is 9.78 Å². The third-order valence-corrected chi connectivity index (χ3v) is 5.82. The van der Waals surface area contributed by atoms with Crippen LogP contribution in [0, 0.1) is 28.6 Å². The van der Waals surface area contributed by atoms with Gasteiger partial charge >= 0.3 is 0 Å². The molecule has 2 aromatic heterocycles. The van der Waals surface area contributed by atoms with Crippen LogP contribution < -0.4 is 0 Å². The molecule has 1 aliphatic rings. The van der Waals surface area contributed by atoms with Crippen LogP contribution in [0.15, 0.2) is 70.3 Å². The van der Waals surface area contributed by atoms with Crippen LogP contribution in [-0.4, -0.2) is 15.5 Å². The van der Waals surface area contributed by atoms with E-state index >= 15 is 0 Å². The number of aromatic nitrogens is 2. The fourth-order valence-corrected chi connectivity index (χ4v) is 4.34. The van der Waals surface area contributed by atoms with Crippen molar-refractivity contribution in [3.8, 4) is 28.4 Å². The zero-order valence-electron chi connectivity index (χ0n) is 15.5. The lowest BCUT2D eigenvalue weighted by atomic mass is 9.77. The molecule has 1 unspecified atom stereocenters. The van der Waals surface area contributed by atoms with Gasteiger partial charge in [-0.15, -0.1) is 11.3 Å². The molecular weight excluding hydrogens is 366 g/mol. The molecule has 1 aliphatic heterocycles. The van der Waals surface area contributed by atoms with Gasteiger partial charge in [-0.1, -0.05) is 24.3 Å². The van der Waals surface area contributed by atoms with E-state index in [1.807, 2.05) is 72.6 Å². The van der Waals surface area contributed by atoms with Gasteiger partial charge in [0.15, 0.2) is 0 Å². The molecule has 136 valence electrons. The van der Waals surface area contributed by atoms with Crippen LogP contribution in [0.25, 0.3) is 16.3 Å². The maximum absolute atomic E-state index is 9.85. The second-order valence-corrected chi connectivity index (χ2v) is 7.59. The Morgan fingerprint density at radius 2 is 1.86 bits per heavy atom. The Bertz CT molecular complexity index is 1150. The number of para-hydroxylation sites is 1. The van der Waals surface area contributed by atoms with Crippen molar-refractivity contribution >= 4 is 17.0 Å². The van der Waals surface area contributed by atoms with Gasteiger partial charge in [-0.25, -0.2) is 4.68 Å². The van der Waals surface area contributed by atoms with Gasteiger partial charge in [-0.2, -0.15) is 15.6 Å². The molecule has 4 rings (SSSR count). The topological polar surface area (TPSA) is 77.8 Å². The van der Waals surface area contributed by atoms with Crippen molar-refractivity contribution in [1.29, 1.82) is 10.5 Å². The van der Waals surface area contributed by atoms with E-state index in [0.29, 0.717) is 11.3 Å². The highest BCUT2D eigenvalue weighted by molar-refractivity contribution is 7.13. The van der Waals surface area contributed by atoms with Crippen molar-refractivity contribution in [3.63, 3.8) is 0 Å². The van der Waals surface area contributed by atoms with Crippen LogP contribution in [-0.2, 0) is 0 Å². The van der Waals surface area contributed by atoms with Gasteiger partial charge in [0.2, 0.25) is 0 Å². The molecule has 0 fully saturated rings. The van der Waals surface area contributed by atoms with E-state index in [0.717, 1.165) is 27.5 Å². The van der Waals surface area contributed by atoms with Crippen LogP contribution in [0.3, 0.4) is 0 Å². The average molecular weight is 383 g/mol. The van der Waals surface area contributed by atoms with Gasteiger partial charge < -0.3 is 0 Å². The number of nitrogens with zero attached hydrogens (tertiary/aromatic N) is 5. The Balaban J connectivity index is 1.96. The predicted molar refractivity (Wildman–Crippen MR) is 110 cm³/mol. The summed E-state index contributed by atoms with van der Waals surface area (Å²) in [6, 6.07) is 18.5. The molecule has 0 radical (unpaired) electrons. The van der Waals surface area contributed by atoms with E-state index in [-0.39, 0.29) is 5.92 Å². The van der Waals surface area contributed by atoms with E-state index in [1.165, 1.54) is 0 Å². The lowest BCUT2D eigenvalue weighted by Crippen LogP contribution is -2.24. The summed E-state index contributed by atoms with van der Waals surface area (Å²) in [5.41, 5.74) is 4.54. The summed E-state index contributed by atoms with van der Waals surface area (Å²) >= 11 is 1.59. The summed E-state index contributed by atoms with van der Waals surface area (Å²) in [6.45, 7) is 3.68. The van der Waals surface area contributed by atoms with E-state index in [9.17, 15) is 10.5 Å². The Hall–Kier alpha value is -3.48. The molecule has 1 aromatic carbocycles. The van der Waals surface area contributed by atoms with E-state index in [4.69, 9.17) is 5.10 Å². The normalized spacial score (nSPS) is 19.1. The molecule has 0 N–H and O–H groups in total. The molecular formula is C22H17N5S. The predicted octanol–water partition coefficient (Wildman–Crippen LogP) is 5.10. The first-order chi connectivity index (χ1) is 13.6. The third-order valence-electron chi connectivity index (χ3n) is 4.94. The number of allylic oxidation sites excluding steroid dienone is 2. The maximum atomic E-state index is 9.85. The van der Waals surface area contributed by atoms with Crippen LogP contribution in [0.1, 0.15) is 25.3 Å². The Morgan fingerprint density at radius 1 is 1.07 bits per heavy atom. The number of aliphatic imine (C=N–C) groups is 1. The minimum Gasteiger partial charge on any atom is -0.260 e. The second kappa shape index (κ2) is 7.26. The number of benzene rings is 1. The van der Waals surface area contributed by atoms with E-state index < -0.39 is 5.92 Å². The number of nitriles is 2. The summed E-state index contributed by atoms with van der Waals surface area (Å²) < 4.78 is 1.82. The highest BCUT2D eigenvalue weighted by Gasteiger charge is 2.37. The van der Waals surface area contributed by atoms with Gasteiger partial charge in [0.05, 0.1) is 39.9 Å². The molecule has 3 heterocycles. The monoisotopic (exact) mass is 383 g/mol. The summed E-state index contributed by atoms with van der Waals surface area (Å²) in [5, 5.41) is 26.5. The molecule has 3 aromatic rings. The smallest absolute Gasteiger partial charge is 0.107 e. The first kappa shape index (κ1) is 17.9. The van der Waals surface area contributed by atoms with Crippen molar-refractivity contribution in [2.45, 2.75) is 19.8 Å². The molecule has 0 amide bonds. The summed E-state index contributed by atoms with van der Waals surface area (Å²) in [7, 11) is 0. The number of hydrogen-bond donors (Lipinski definition) is 0. The third kappa shape index (κ3) is 2.94. The fourth-order valence-electron chi connectivity index (χ4n) is 3.61. The summed E-state index contributed by atoms with van der Waals surface area (Å²) in [6.07, 6.45) is 1.95. The average Bonchev–Trinajstić information content (AvgIpc) is 3.38. The quantitative estimate of drug-likeness (QED) is 0.631. The van der Waals surface area contributed by atoms with Crippen molar-refractivity contribution in [3.05, 3.63) is 70.9 Å². The Labute approximate surface area is 167 Å². The van der Waals surface area contributed by atoms with Crippen molar-refractivity contribution < 1.29 is 0 Å². The Kier molecular flexibility index (Phi) is 4.65. The van der Waals surface area contributed by atoms with Crippen molar-refractivity contribution in [2.24, 2.45) is 10.9 Å². The minimum absolute atomic E-state index is 0.387. The van der Waals surface area contributed by atoms with Gasteiger partial charge in [0, 0.05) is 23.4 Å². The largest absolute Gasteiger partial charge is 0.260 e. The van der Waals surface area contributed by atoms with Gasteiger partial charge in [-0.3, -0.25) is 4.99 Å². The Morgan fingerprint density at radius 3 is 2.50 bits per heavy atom. The summed E-state index contributed by atoms with van der Waals surface area (Å²) in [5.74, 6) is -0.882. The highest BCUT2D eigenvalue weighted by Crippen LogP contribution is 2.42. The summed E-state index contributed by atoms with van der Waals surface area (Å²) in [4.78, 5) is 5.46. The molecule has 0 spiro atoms. The van der Waals surface area contributed by atoms with Crippen LogP contribution in [0.4, 0.5) is 0 Å². The van der Waals surface area contributed by atoms with Gasteiger partial charge in [0.25, 0.3) is 0 Å². The van der Waals surface area contributed by atoms with Gasteiger partial charge in [-0.05, 0) is 37.4 Å². The van der Waals surface area contributed by atoms with Gasteiger partial charge in [0.1, 0.15) is 5.69 Å². The fraction of sp³-hybridized carbons (Fsp3) is 0.182. The lowest BCUT2D eigenvalue weighted by Gasteiger charge is -2.26. The SMILES string of the molecule is CC1=NC(C)=C(C#N)[C@@H](c2cn(-c3ccccc3)nc2-c2cccs2)C1C#N. The zero-order valence-corrected chi connectivity index (χ0v) is 16.3. The molecule has 5 nitrogen and oxygen atoms in total. The molecule has 0 bridgehead atoms. The first-order valence-electron chi connectivity index (χ1n) is 8.88. The van der Waals surface area contributed by atoms with Crippen LogP contribution in [0.2, 0.25) is 0 Å². The van der Waals surface area contributed by atoms with E-state index in [2.05, 4.69) is 17.1 Å². The van der Waals surface area contributed by atoms with E-state index in [1.54, 1.807) is 11.3 Å². The number of rotatable bonds is 3.